The van der Waals surface area contributed by atoms with Gasteiger partial charge in [-0.15, -0.1) is 0 Å². The van der Waals surface area contributed by atoms with Crippen molar-refractivity contribution in [1.29, 1.82) is 0 Å². The third-order valence-electron chi connectivity index (χ3n) is 4.51. The fraction of sp³-hybridized carbons (Fsp3) is 0.625. The Morgan fingerprint density at radius 1 is 1.30 bits per heavy atom. The van der Waals surface area contributed by atoms with E-state index in [0.29, 0.717) is 4.90 Å². The molecule has 112 valence electrons. The Bertz CT molecular complexity index is 578. The summed E-state index contributed by atoms with van der Waals surface area (Å²) in [4.78, 5) is 0.491. The van der Waals surface area contributed by atoms with Crippen molar-refractivity contribution < 1.29 is 8.42 Å². The maximum absolute atomic E-state index is 13.0. The second kappa shape index (κ2) is 5.49. The van der Waals surface area contributed by atoms with E-state index in [4.69, 9.17) is 0 Å². The van der Waals surface area contributed by atoms with Crippen LogP contribution in [0.2, 0.25) is 0 Å². The van der Waals surface area contributed by atoms with Crippen molar-refractivity contribution in [2.75, 3.05) is 6.54 Å². The molecule has 1 N–H and O–H groups in total. The van der Waals surface area contributed by atoms with Crippen molar-refractivity contribution in [1.82, 2.24) is 5.32 Å². The summed E-state index contributed by atoms with van der Waals surface area (Å²) < 4.78 is 26.0. The Morgan fingerprint density at radius 2 is 1.95 bits per heavy atom. The quantitative estimate of drug-likeness (QED) is 0.929. The molecule has 0 aromatic heterocycles. The second-order valence-electron chi connectivity index (χ2n) is 6.41. The van der Waals surface area contributed by atoms with Crippen LogP contribution < -0.4 is 5.32 Å². The van der Waals surface area contributed by atoms with Crippen molar-refractivity contribution in [3.63, 3.8) is 0 Å². The van der Waals surface area contributed by atoms with Crippen LogP contribution in [0.5, 0.6) is 0 Å². The van der Waals surface area contributed by atoms with E-state index in [1.807, 2.05) is 32.0 Å². The number of rotatable bonds is 4. The first-order valence-corrected chi connectivity index (χ1v) is 8.88. The summed E-state index contributed by atoms with van der Waals surface area (Å²) in [6, 6.07) is 7.32. The van der Waals surface area contributed by atoms with Crippen LogP contribution >= 0.6 is 0 Å². The van der Waals surface area contributed by atoms with Gasteiger partial charge in [-0.2, -0.15) is 0 Å². The SMILES string of the molecule is CCNC1C(S(=O)(=O)c2ccccc2C)CCC1(C)C. The molecule has 20 heavy (non-hydrogen) atoms. The van der Waals surface area contributed by atoms with Gasteiger partial charge in [0.05, 0.1) is 10.1 Å². The van der Waals surface area contributed by atoms with Crippen molar-refractivity contribution in [2.24, 2.45) is 5.41 Å². The highest BCUT2D eigenvalue weighted by molar-refractivity contribution is 7.92. The molecule has 1 aliphatic carbocycles. The highest BCUT2D eigenvalue weighted by Gasteiger charge is 2.48. The monoisotopic (exact) mass is 295 g/mol. The number of hydrogen-bond donors (Lipinski definition) is 1. The minimum Gasteiger partial charge on any atom is -0.312 e. The predicted molar refractivity (Wildman–Crippen MR) is 82.6 cm³/mol. The molecule has 0 aliphatic heterocycles. The molecule has 0 heterocycles. The zero-order valence-corrected chi connectivity index (χ0v) is 13.6. The normalized spacial score (nSPS) is 25.8. The molecule has 0 bridgehead atoms. The first-order valence-electron chi connectivity index (χ1n) is 7.33. The van der Waals surface area contributed by atoms with Gasteiger partial charge in [0.15, 0.2) is 9.84 Å². The highest BCUT2D eigenvalue weighted by Crippen LogP contribution is 2.42. The smallest absolute Gasteiger partial charge is 0.183 e. The Kier molecular flexibility index (Phi) is 4.26. The van der Waals surface area contributed by atoms with E-state index in [1.165, 1.54) is 0 Å². The topological polar surface area (TPSA) is 46.2 Å². The molecule has 0 spiro atoms. The molecule has 1 aromatic rings. The zero-order chi connectivity index (χ0) is 15.0. The second-order valence-corrected chi connectivity index (χ2v) is 8.55. The van der Waals surface area contributed by atoms with Gasteiger partial charge in [-0.05, 0) is 43.4 Å². The number of aryl methyl sites for hydroxylation is 1. The number of hydrogen-bond acceptors (Lipinski definition) is 3. The standard InChI is InChI=1S/C16H25NO2S/c1-5-17-15-14(10-11-16(15,3)4)20(18,19)13-9-7-6-8-12(13)2/h6-9,14-15,17H,5,10-11H2,1-4H3. The van der Waals surface area contributed by atoms with Crippen molar-refractivity contribution >= 4 is 9.84 Å². The van der Waals surface area contributed by atoms with Crippen molar-refractivity contribution in [3.8, 4) is 0 Å². The lowest BCUT2D eigenvalue weighted by molar-refractivity contribution is 0.288. The third kappa shape index (κ3) is 2.63. The van der Waals surface area contributed by atoms with Crippen LogP contribution in [0, 0.1) is 12.3 Å². The van der Waals surface area contributed by atoms with Gasteiger partial charge in [0, 0.05) is 6.04 Å². The Hall–Kier alpha value is -0.870. The summed E-state index contributed by atoms with van der Waals surface area (Å²) in [5.74, 6) is 0. The highest BCUT2D eigenvalue weighted by atomic mass is 32.2. The summed E-state index contributed by atoms with van der Waals surface area (Å²) in [5, 5.41) is 3.08. The van der Waals surface area contributed by atoms with E-state index in [2.05, 4.69) is 19.2 Å². The van der Waals surface area contributed by atoms with Gasteiger partial charge in [0.1, 0.15) is 0 Å². The largest absolute Gasteiger partial charge is 0.312 e. The van der Waals surface area contributed by atoms with Crippen LogP contribution in [-0.4, -0.2) is 26.3 Å². The third-order valence-corrected chi connectivity index (χ3v) is 6.89. The number of benzene rings is 1. The first-order chi connectivity index (χ1) is 9.30. The molecule has 0 radical (unpaired) electrons. The number of nitrogens with one attached hydrogen (secondary N) is 1. The van der Waals surface area contributed by atoms with E-state index >= 15 is 0 Å². The molecule has 1 aliphatic rings. The summed E-state index contributed by atoms with van der Waals surface area (Å²) in [6.07, 6.45) is 1.68. The van der Waals surface area contributed by atoms with Crippen LogP contribution in [0.3, 0.4) is 0 Å². The molecule has 1 saturated carbocycles. The molecule has 1 fully saturated rings. The summed E-state index contributed by atoms with van der Waals surface area (Å²) >= 11 is 0. The van der Waals surface area contributed by atoms with Crippen LogP contribution in [0.15, 0.2) is 29.2 Å². The van der Waals surface area contributed by atoms with Gasteiger partial charge in [0.2, 0.25) is 0 Å². The number of sulfone groups is 1. The fourth-order valence-electron chi connectivity index (χ4n) is 3.34. The van der Waals surface area contributed by atoms with Gasteiger partial charge in [-0.1, -0.05) is 39.0 Å². The lowest BCUT2D eigenvalue weighted by atomic mass is 9.87. The Balaban J connectivity index is 2.42. The van der Waals surface area contributed by atoms with E-state index in [1.54, 1.807) is 6.07 Å². The first kappa shape index (κ1) is 15.5. The van der Waals surface area contributed by atoms with Crippen LogP contribution in [0.4, 0.5) is 0 Å². The summed E-state index contributed by atoms with van der Waals surface area (Å²) in [7, 11) is -3.27. The van der Waals surface area contributed by atoms with Crippen molar-refractivity contribution in [2.45, 2.75) is 56.7 Å². The van der Waals surface area contributed by atoms with Gasteiger partial charge >= 0.3 is 0 Å². The van der Waals surface area contributed by atoms with E-state index in [-0.39, 0.29) is 16.7 Å². The minimum absolute atomic E-state index is 0.0242. The maximum Gasteiger partial charge on any atom is 0.183 e. The van der Waals surface area contributed by atoms with E-state index < -0.39 is 9.84 Å². The average molecular weight is 295 g/mol. The predicted octanol–water partition coefficient (Wildman–Crippen LogP) is 2.94. The lowest BCUT2D eigenvalue weighted by Crippen LogP contribution is -2.47. The minimum atomic E-state index is -3.27. The van der Waals surface area contributed by atoms with Crippen LogP contribution in [0.1, 0.15) is 39.2 Å². The molecular weight excluding hydrogens is 270 g/mol. The fourth-order valence-corrected chi connectivity index (χ4v) is 5.70. The average Bonchev–Trinajstić information content (AvgIpc) is 2.67. The van der Waals surface area contributed by atoms with Gasteiger partial charge in [-0.25, -0.2) is 8.42 Å². The molecular formula is C16H25NO2S. The molecule has 2 rings (SSSR count). The van der Waals surface area contributed by atoms with Gasteiger partial charge < -0.3 is 5.32 Å². The zero-order valence-electron chi connectivity index (χ0n) is 12.8. The molecule has 0 amide bonds. The van der Waals surface area contributed by atoms with Crippen molar-refractivity contribution in [3.05, 3.63) is 29.8 Å². The molecule has 3 nitrogen and oxygen atoms in total. The molecule has 1 aromatic carbocycles. The summed E-state index contributed by atoms with van der Waals surface area (Å²) in [6.45, 7) is 9.02. The Morgan fingerprint density at radius 3 is 2.55 bits per heavy atom. The van der Waals surface area contributed by atoms with Crippen LogP contribution in [0.25, 0.3) is 0 Å². The lowest BCUT2D eigenvalue weighted by Gasteiger charge is -2.31. The summed E-state index contributed by atoms with van der Waals surface area (Å²) in [5.41, 5.74) is 0.864. The van der Waals surface area contributed by atoms with E-state index in [9.17, 15) is 8.42 Å². The van der Waals surface area contributed by atoms with E-state index in [0.717, 1.165) is 24.9 Å². The maximum atomic E-state index is 13.0. The Labute approximate surface area is 122 Å². The van der Waals surface area contributed by atoms with Gasteiger partial charge in [-0.3, -0.25) is 0 Å². The molecule has 2 unspecified atom stereocenters. The van der Waals surface area contributed by atoms with Crippen LogP contribution in [-0.2, 0) is 9.84 Å². The van der Waals surface area contributed by atoms with Gasteiger partial charge in [0.25, 0.3) is 0 Å². The molecule has 2 atom stereocenters. The molecule has 0 saturated heterocycles. The molecule has 4 heteroatoms.